The van der Waals surface area contributed by atoms with E-state index in [9.17, 15) is 4.79 Å². The number of aromatic nitrogens is 2. The average Bonchev–Trinajstić information content (AvgIpc) is 3.52. The highest BCUT2D eigenvalue weighted by atomic mass is 32.2. The topological polar surface area (TPSA) is 71.6 Å². The van der Waals surface area contributed by atoms with Gasteiger partial charge in [0, 0.05) is 12.2 Å². The number of thiophene rings is 1. The predicted molar refractivity (Wildman–Crippen MR) is 120 cm³/mol. The van der Waals surface area contributed by atoms with Gasteiger partial charge in [-0.15, -0.1) is 21.5 Å². The number of unbranched alkanes of at least 4 members (excludes halogenated alkanes) is 1. The second-order valence-electron chi connectivity index (χ2n) is 6.32. The molecule has 1 atom stereocenters. The van der Waals surface area contributed by atoms with Crippen molar-refractivity contribution in [2.75, 3.05) is 11.5 Å². The van der Waals surface area contributed by atoms with Gasteiger partial charge in [-0.1, -0.05) is 54.3 Å². The number of thioether (sulfide) groups is 2. The van der Waals surface area contributed by atoms with Gasteiger partial charge in [0.05, 0.1) is 22.6 Å². The van der Waals surface area contributed by atoms with Gasteiger partial charge in [0.1, 0.15) is 11.8 Å². The second kappa shape index (κ2) is 9.92. The number of furan rings is 1. The summed E-state index contributed by atoms with van der Waals surface area (Å²) in [5.74, 6) is 2.02. The van der Waals surface area contributed by atoms with Crippen molar-refractivity contribution in [3.05, 3.63) is 46.5 Å². The van der Waals surface area contributed by atoms with Crippen molar-refractivity contribution in [1.82, 2.24) is 15.2 Å². The smallest absolute Gasteiger partial charge is 0.253 e. The van der Waals surface area contributed by atoms with Gasteiger partial charge in [-0.25, -0.2) is 5.01 Å². The molecule has 0 N–H and O–H groups in total. The molecule has 1 amide bonds. The zero-order valence-corrected chi connectivity index (χ0v) is 19.1. The molecule has 4 rings (SSSR count). The Hall–Kier alpha value is -1.62. The fraction of sp³-hybridized carbons (Fsp3) is 0.368. The molecule has 0 aromatic carbocycles. The lowest BCUT2D eigenvalue weighted by Gasteiger charge is -2.19. The average molecular weight is 465 g/mol. The number of hydrazone groups is 1. The molecule has 3 aromatic heterocycles. The van der Waals surface area contributed by atoms with Crippen LogP contribution < -0.4 is 0 Å². The van der Waals surface area contributed by atoms with E-state index in [1.807, 2.05) is 29.6 Å². The van der Waals surface area contributed by atoms with Gasteiger partial charge in [0.25, 0.3) is 5.91 Å². The van der Waals surface area contributed by atoms with Crippen LogP contribution in [0.5, 0.6) is 0 Å². The Labute approximate surface area is 185 Å². The van der Waals surface area contributed by atoms with Crippen LogP contribution in [0.25, 0.3) is 0 Å². The first-order chi connectivity index (χ1) is 14.2. The largest absolute Gasteiger partial charge is 0.467 e. The maximum absolute atomic E-state index is 13.0. The molecular formula is C19H20N4O2S4. The van der Waals surface area contributed by atoms with Gasteiger partial charge in [-0.05, 0) is 30.0 Å². The highest BCUT2D eigenvalue weighted by Gasteiger charge is 2.35. The van der Waals surface area contributed by atoms with Crippen LogP contribution in [0.3, 0.4) is 0 Å². The van der Waals surface area contributed by atoms with Crippen molar-refractivity contribution in [1.29, 1.82) is 0 Å². The Morgan fingerprint density at radius 2 is 2.14 bits per heavy atom. The van der Waals surface area contributed by atoms with Crippen LogP contribution >= 0.6 is 46.2 Å². The minimum atomic E-state index is -0.204. The molecule has 0 bridgehead atoms. The highest BCUT2D eigenvalue weighted by molar-refractivity contribution is 8.03. The molecule has 1 unspecified atom stereocenters. The predicted octanol–water partition coefficient (Wildman–Crippen LogP) is 5.55. The zero-order valence-electron chi connectivity index (χ0n) is 15.8. The molecule has 152 valence electrons. The summed E-state index contributed by atoms with van der Waals surface area (Å²) in [6, 6.07) is 7.57. The first kappa shape index (κ1) is 20.6. The molecule has 6 nitrogen and oxygen atoms in total. The Morgan fingerprint density at radius 3 is 2.86 bits per heavy atom. The van der Waals surface area contributed by atoms with Gasteiger partial charge >= 0.3 is 0 Å². The number of hydrogen-bond acceptors (Lipinski definition) is 9. The summed E-state index contributed by atoms with van der Waals surface area (Å²) < 4.78 is 7.36. The Morgan fingerprint density at radius 1 is 1.28 bits per heavy atom. The van der Waals surface area contributed by atoms with Crippen LogP contribution in [0.1, 0.15) is 42.9 Å². The van der Waals surface area contributed by atoms with Crippen LogP contribution in [-0.2, 0) is 4.79 Å². The molecule has 4 heterocycles. The molecule has 0 saturated heterocycles. The molecule has 0 spiro atoms. The van der Waals surface area contributed by atoms with E-state index >= 15 is 0 Å². The normalized spacial score (nSPS) is 16.4. The molecule has 1 aliphatic heterocycles. The van der Waals surface area contributed by atoms with Crippen LogP contribution in [0, 0.1) is 0 Å². The van der Waals surface area contributed by atoms with Gasteiger partial charge in [-0.2, -0.15) is 5.10 Å². The first-order valence-electron chi connectivity index (χ1n) is 9.30. The monoisotopic (exact) mass is 464 g/mol. The summed E-state index contributed by atoms with van der Waals surface area (Å²) in [5.41, 5.74) is 0.922. The lowest BCUT2D eigenvalue weighted by Crippen LogP contribution is -2.28. The molecule has 10 heteroatoms. The summed E-state index contributed by atoms with van der Waals surface area (Å²) in [5, 5.41) is 16.6. The molecule has 0 saturated carbocycles. The fourth-order valence-electron chi connectivity index (χ4n) is 2.84. The third-order valence-corrected chi connectivity index (χ3v) is 8.45. The summed E-state index contributed by atoms with van der Waals surface area (Å²) >= 11 is 6.32. The molecule has 1 aliphatic rings. The Bertz CT molecular complexity index is 953. The Balaban J connectivity index is 1.41. The third kappa shape index (κ3) is 5.11. The maximum atomic E-state index is 13.0. The van der Waals surface area contributed by atoms with Gasteiger partial charge in [0.15, 0.2) is 8.68 Å². The van der Waals surface area contributed by atoms with E-state index in [4.69, 9.17) is 4.42 Å². The fourth-order valence-corrected chi connectivity index (χ4v) is 6.59. The zero-order chi connectivity index (χ0) is 20.1. The molecular weight excluding hydrogens is 445 g/mol. The van der Waals surface area contributed by atoms with Crippen LogP contribution in [0.15, 0.2) is 54.1 Å². The van der Waals surface area contributed by atoms with Gasteiger partial charge in [-0.3, -0.25) is 4.79 Å². The van der Waals surface area contributed by atoms with Crippen LogP contribution in [0.4, 0.5) is 0 Å². The van der Waals surface area contributed by atoms with Crippen LogP contribution in [-0.4, -0.2) is 38.3 Å². The van der Waals surface area contributed by atoms with Crippen molar-refractivity contribution in [2.45, 2.75) is 40.9 Å². The molecule has 29 heavy (non-hydrogen) atoms. The lowest BCUT2D eigenvalue weighted by molar-refractivity contribution is -0.130. The van der Waals surface area contributed by atoms with Crippen molar-refractivity contribution < 1.29 is 9.21 Å². The van der Waals surface area contributed by atoms with E-state index in [1.165, 1.54) is 24.6 Å². The minimum Gasteiger partial charge on any atom is -0.467 e. The van der Waals surface area contributed by atoms with Crippen molar-refractivity contribution >= 4 is 57.8 Å². The van der Waals surface area contributed by atoms with E-state index in [1.54, 1.807) is 45.7 Å². The van der Waals surface area contributed by atoms with E-state index in [0.29, 0.717) is 6.42 Å². The summed E-state index contributed by atoms with van der Waals surface area (Å²) in [6.07, 6.45) is 4.62. The molecule has 0 fully saturated rings. The standard InChI is InChI=1S/C19H20N4O2S4/c1-2-3-9-27-18-20-21-19(29-18)28-12-17(24)23-14(15-6-4-8-25-15)11-13(22-23)16-7-5-10-26-16/h4-8,10,14H,2-3,9,11-12H2,1H3. The van der Waals surface area contributed by atoms with E-state index < -0.39 is 0 Å². The molecule has 3 aromatic rings. The van der Waals surface area contributed by atoms with Gasteiger partial charge in [0.2, 0.25) is 0 Å². The number of carbonyl (C=O) groups is 1. The van der Waals surface area contributed by atoms with Gasteiger partial charge < -0.3 is 4.42 Å². The maximum Gasteiger partial charge on any atom is 0.253 e. The summed E-state index contributed by atoms with van der Waals surface area (Å²) in [4.78, 5) is 14.1. The van der Waals surface area contributed by atoms with Crippen molar-refractivity contribution in [2.24, 2.45) is 5.10 Å². The van der Waals surface area contributed by atoms with E-state index in [2.05, 4.69) is 22.2 Å². The number of nitrogens with zero attached hydrogens (tertiary/aromatic N) is 4. The lowest BCUT2D eigenvalue weighted by atomic mass is 10.1. The van der Waals surface area contributed by atoms with E-state index in [-0.39, 0.29) is 17.7 Å². The minimum absolute atomic E-state index is 0.0571. The van der Waals surface area contributed by atoms with E-state index in [0.717, 1.165) is 30.8 Å². The summed E-state index contributed by atoms with van der Waals surface area (Å²) in [6.45, 7) is 2.17. The van der Waals surface area contributed by atoms with Crippen molar-refractivity contribution in [3.8, 4) is 0 Å². The number of rotatable bonds is 9. The van der Waals surface area contributed by atoms with Crippen molar-refractivity contribution in [3.63, 3.8) is 0 Å². The number of amides is 1. The SMILES string of the molecule is CCCCSc1nnc(SCC(=O)N2N=C(c3cccs3)CC2c2ccco2)s1. The molecule has 0 radical (unpaired) electrons. The third-order valence-electron chi connectivity index (χ3n) is 4.27. The first-order valence-corrected chi connectivity index (χ1v) is 13.0. The quantitative estimate of drug-likeness (QED) is 0.305. The second-order valence-corrected chi connectivity index (χ2v) is 10.8. The summed E-state index contributed by atoms with van der Waals surface area (Å²) in [7, 11) is 0. The highest BCUT2D eigenvalue weighted by Crippen LogP contribution is 2.35. The number of hydrogen-bond donors (Lipinski definition) is 0. The van der Waals surface area contributed by atoms with Crippen LogP contribution in [0.2, 0.25) is 0 Å². The Kier molecular flexibility index (Phi) is 7.06. The number of carbonyl (C=O) groups excluding carboxylic acids is 1. The molecule has 0 aliphatic carbocycles.